The summed E-state index contributed by atoms with van der Waals surface area (Å²) in [7, 11) is 0. The molecule has 61 heavy (non-hydrogen) atoms. The molecule has 2 aliphatic rings. The molecule has 0 N–H and O–H groups in total. The molecular formula is C61H36. The Bertz CT molecular complexity index is 3780. The molecule has 0 unspecified atom stereocenters. The Balaban J connectivity index is 1.19. The number of hydrogen-bond donors (Lipinski definition) is 0. The maximum absolute atomic E-state index is 2.60. The average molecular weight is 769 g/mol. The fourth-order valence-corrected chi connectivity index (χ4v) is 12.0. The summed E-state index contributed by atoms with van der Waals surface area (Å²) in [6.07, 6.45) is 0. The van der Waals surface area contributed by atoms with Crippen LogP contribution in [0.15, 0.2) is 218 Å². The van der Waals surface area contributed by atoms with E-state index in [1.54, 1.807) is 0 Å². The van der Waals surface area contributed by atoms with Crippen molar-refractivity contribution in [1.29, 1.82) is 0 Å². The van der Waals surface area contributed by atoms with Crippen LogP contribution in [0.3, 0.4) is 0 Å². The van der Waals surface area contributed by atoms with Gasteiger partial charge in [0.2, 0.25) is 0 Å². The number of rotatable bonds is 2. The van der Waals surface area contributed by atoms with Crippen LogP contribution in [0.4, 0.5) is 0 Å². The molecule has 0 amide bonds. The van der Waals surface area contributed by atoms with Crippen LogP contribution >= 0.6 is 0 Å². The van der Waals surface area contributed by atoms with Gasteiger partial charge in [0.1, 0.15) is 0 Å². The minimum atomic E-state index is -0.524. The van der Waals surface area contributed by atoms with Crippen molar-refractivity contribution in [2.24, 2.45) is 0 Å². The lowest BCUT2D eigenvalue weighted by Gasteiger charge is -2.33. The summed E-state index contributed by atoms with van der Waals surface area (Å²) in [4.78, 5) is 0. The molecule has 0 saturated carbocycles. The van der Waals surface area contributed by atoms with Gasteiger partial charge in [0.25, 0.3) is 0 Å². The van der Waals surface area contributed by atoms with Crippen molar-refractivity contribution in [1.82, 2.24) is 0 Å². The van der Waals surface area contributed by atoms with Gasteiger partial charge < -0.3 is 0 Å². The minimum Gasteiger partial charge on any atom is -0.0619 e. The summed E-state index contributed by atoms with van der Waals surface area (Å²) in [5, 5.41) is 15.4. The Morgan fingerprint density at radius 2 is 0.656 bits per heavy atom. The summed E-state index contributed by atoms with van der Waals surface area (Å²) in [6, 6.07) is 82.5. The van der Waals surface area contributed by atoms with E-state index in [9.17, 15) is 0 Å². The maximum atomic E-state index is 2.60. The van der Waals surface area contributed by atoms with Crippen LogP contribution in [0, 0.1) is 0 Å². The Kier molecular flexibility index (Phi) is 6.58. The normalized spacial score (nSPS) is 13.4. The van der Waals surface area contributed by atoms with Gasteiger partial charge in [0.15, 0.2) is 0 Å². The molecule has 1 spiro atoms. The maximum Gasteiger partial charge on any atom is 0.0737 e. The predicted octanol–water partition coefficient (Wildman–Crippen LogP) is 16.3. The van der Waals surface area contributed by atoms with Gasteiger partial charge in [-0.3, -0.25) is 0 Å². The second kappa shape index (κ2) is 12.1. The second-order valence-corrected chi connectivity index (χ2v) is 17.0. The van der Waals surface area contributed by atoms with Crippen molar-refractivity contribution in [2.75, 3.05) is 0 Å². The monoisotopic (exact) mass is 768 g/mol. The molecule has 0 aliphatic heterocycles. The van der Waals surface area contributed by atoms with E-state index in [0.717, 1.165) is 0 Å². The molecule has 0 fully saturated rings. The van der Waals surface area contributed by atoms with E-state index >= 15 is 0 Å². The standard InChI is InChI=1S/C61H36/c1-2-18-38-35-39(34-33-37(38)17-1)56-46-25-7-9-27-48(46)57(49-28-10-8-26-47(49)56)52-36-53-58-45-24-6-3-19-40(45)41-20-4-12-30-51(41)60(58)61(59(53)50-29-11-5-21-42(50)52)54-31-15-13-22-43(54)44-23-14-16-32-55(44)61/h1-36H. The SMILES string of the molecule is c1ccc2c(c1)-c1ccccc1C21c2c(cc(-c3c4ccccc4c(-c4ccc5ccccc5c4)c4ccccc34)c3ccccc23)-c2c1c1ccccc1c1ccccc21. The molecule has 0 heteroatoms. The van der Waals surface area contributed by atoms with Gasteiger partial charge >= 0.3 is 0 Å². The van der Waals surface area contributed by atoms with E-state index in [0.29, 0.717) is 0 Å². The van der Waals surface area contributed by atoms with Crippen LogP contribution in [0.5, 0.6) is 0 Å². The first-order chi connectivity index (χ1) is 30.3. The van der Waals surface area contributed by atoms with Gasteiger partial charge in [-0.1, -0.05) is 206 Å². The van der Waals surface area contributed by atoms with Crippen molar-refractivity contribution in [2.45, 2.75) is 5.41 Å². The van der Waals surface area contributed by atoms with Crippen LogP contribution in [-0.2, 0) is 5.41 Å². The van der Waals surface area contributed by atoms with E-state index in [1.807, 2.05) is 0 Å². The Labute approximate surface area is 353 Å². The highest BCUT2D eigenvalue weighted by Crippen LogP contribution is 2.67. The average Bonchev–Trinajstić information content (AvgIpc) is 3.81. The molecule has 0 bridgehead atoms. The van der Waals surface area contributed by atoms with E-state index < -0.39 is 5.41 Å². The molecule has 0 saturated heterocycles. The summed E-state index contributed by atoms with van der Waals surface area (Å²) in [5.74, 6) is 0. The number of fused-ring (bicyclic) bond motifs is 20. The summed E-state index contributed by atoms with van der Waals surface area (Å²) in [5.41, 5.74) is 15.4. The van der Waals surface area contributed by atoms with Gasteiger partial charge in [-0.15, -0.1) is 0 Å². The van der Waals surface area contributed by atoms with E-state index in [1.165, 1.54) is 131 Å². The summed E-state index contributed by atoms with van der Waals surface area (Å²) in [6.45, 7) is 0. The molecule has 0 atom stereocenters. The summed E-state index contributed by atoms with van der Waals surface area (Å²) >= 11 is 0. The molecule has 0 aromatic heterocycles. The van der Waals surface area contributed by atoms with Gasteiger partial charge in [-0.2, -0.15) is 0 Å². The lowest BCUT2D eigenvalue weighted by Crippen LogP contribution is -2.26. The van der Waals surface area contributed by atoms with Crippen LogP contribution in [0.25, 0.3) is 109 Å². The molecule has 12 aromatic rings. The van der Waals surface area contributed by atoms with E-state index in [4.69, 9.17) is 0 Å². The molecule has 0 heterocycles. The highest BCUT2D eigenvalue weighted by molar-refractivity contribution is 6.27. The zero-order valence-corrected chi connectivity index (χ0v) is 33.3. The first-order valence-corrected chi connectivity index (χ1v) is 21.4. The number of benzene rings is 12. The molecule has 2 aliphatic carbocycles. The third-order valence-corrected chi connectivity index (χ3v) is 14.2. The van der Waals surface area contributed by atoms with Crippen LogP contribution < -0.4 is 0 Å². The third kappa shape index (κ3) is 4.19. The highest BCUT2D eigenvalue weighted by Gasteiger charge is 2.54. The van der Waals surface area contributed by atoms with Crippen molar-refractivity contribution in [3.63, 3.8) is 0 Å². The topological polar surface area (TPSA) is 0 Å². The third-order valence-electron chi connectivity index (χ3n) is 14.2. The fourth-order valence-electron chi connectivity index (χ4n) is 12.0. The molecule has 0 radical (unpaired) electrons. The lowest BCUT2D eigenvalue weighted by atomic mass is 9.68. The molecule has 280 valence electrons. The first-order valence-electron chi connectivity index (χ1n) is 21.4. The van der Waals surface area contributed by atoms with E-state index in [-0.39, 0.29) is 0 Å². The predicted molar refractivity (Wildman–Crippen MR) is 259 cm³/mol. The Hall–Kier alpha value is -7.80. The molecule has 12 aromatic carbocycles. The van der Waals surface area contributed by atoms with Crippen molar-refractivity contribution in [3.05, 3.63) is 241 Å². The second-order valence-electron chi connectivity index (χ2n) is 17.0. The lowest BCUT2D eigenvalue weighted by molar-refractivity contribution is 0.809. The first kappa shape index (κ1) is 33.1. The quantitative estimate of drug-likeness (QED) is 0.121. The molecular weight excluding hydrogens is 733 g/mol. The highest BCUT2D eigenvalue weighted by atomic mass is 14.5. The van der Waals surface area contributed by atoms with Gasteiger partial charge in [-0.05, 0) is 144 Å². The van der Waals surface area contributed by atoms with Crippen LogP contribution in [0.1, 0.15) is 22.3 Å². The number of hydrogen-bond acceptors (Lipinski definition) is 0. The van der Waals surface area contributed by atoms with Gasteiger partial charge in [-0.25, -0.2) is 0 Å². The Morgan fingerprint density at radius 1 is 0.230 bits per heavy atom. The van der Waals surface area contributed by atoms with Gasteiger partial charge in [0, 0.05) is 0 Å². The Morgan fingerprint density at radius 3 is 1.26 bits per heavy atom. The summed E-state index contributed by atoms with van der Waals surface area (Å²) < 4.78 is 0. The van der Waals surface area contributed by atoms with Crippen LogP contribution in [0.2, 0.25) is 0 Å². The smallest absolute Gasteiger partial charge is 0.0619 e. The molecule has 14 rings (SSSR count). The van der Waals surface area contributed by atoms with Gasteiger partial charge in [0.05, 0.1) is 5.41 Å². The van der Waals surface area contributed by atoms with Crippen molar-refractivity contribution >= 4 is 64.6 Å². The zero-order chi connectivity index (χ0) is 39.8. The van der Waals surface area contributed by atoms with Crippen molar-refractivity contribution in [3.8, 4) is 44.5 Å². The zero-order valence-electron chi connectivity index (χ0n) is 33.3. The fraction of sp³-hybridized carbons (Fsp3) is 0.0164. The molecule has 0 nitrogen and oxygen atoms in total. The van der Waals surface area contributed by atoms with Crippen LogP contribution in [-0.4, -0.2) is 0 Å². The van der Waals surface area contributed by atoms with Crippen molar-refractivity contribution < 1.29 is 0 Å². The minimum absolute atomic E-state index is 0.524. The van der Waals surface area contributed by atoms with E-state index in [2.05, 4.69) is 218 Å². The largest absolute Gasteiger partial charge is 0.0737 e.